The Labute approximate surface area is 112 Å². The van der Waals surface area contributed by atoms with Gasteiger partial charge in [0.05, 0.1) is 0 Å². The SMILES string of the molecule is I[As](Nc1ccccc1)Nc1ccccc1. The first-order chi connectivity index (χ1) is 7.84. The average Bonchev–Trinajstić information content (AvgIpc) is 2.31. The molecule has 0 saturated carbocycles. The van der Waals surface area contributed by atoms with Gasteiger partial charge in [0, 0.05) is 0 Å². The molecule has 4 heteroatoms. The number of para-hydroxylation sites is 2. The van der Waals surface area contributed by atoms with Gasteiger partial charge in [0.1, 0.15) is 0 Å². The molecule has 2 N–H and O–H groups in total. The molecule has 2 aromatic rings. The molecule has 0 aliphatic rings. The second-order valence-electron chi connectivity index (χ2n) is 3.24. The zero-order valence-electron chi connectivity index (χ0n) is 8.60. The second-order valence-corrected chi connectivity index (χ2v) is 10.4. The third kappa shape index (κ3) is 3.72. The van der Waals surface area contributed by atoms with E-state index in [-0.39, 0.29) is 0 Å². The molecule has 0 bridgehead atoms. The van der Waals surface area contributed by atoms with E-state index in [1.807, 2.05) is 36.4 Å². The van der Waals surface area contributed by atoms with Gasteiger partial charge in [0.25, 0.3) is 0 Å². The Balaban J connectivity index is 1.92. The zero-order chi connectivity index (χ0) is 11.2. The molecule has 0 spiro atoms. The Bertz CT molecular complexity index is 380. The first kappa shape index (κ1) is 11.8. The molecule has 0 heterocycles. The number of hydrogen-bond acceptors (Lipinski definition) is 2. The monoisotopic (exact) mass is 386 g/mol. The van der Waals surface area contributed by atoms with Crippen LogP contribution in [0, 0.1) is 0 Å². The van der Waals surface area contributed by atoms with Gasteiger partial charge in [-0.3, -0.25) is 0 Å². The van der Waals surface area contributed by atoms with Crippen LogP contribution in [-0.4, -0.2) is 11.8 Å². The van der Waals surface area contributed by atoms with Gasteiger partial charge in [0.2, 0.25) is 0 Å². The summed E-state index contributed by atoms with van der Waals surface area (Å²) in [5, 5.41) is 0. The summed E-state index contributed by atoms with van der Waals surface area (Å²) in [6, 6.07) is 20.6. The van der Waals surface area contributed by atoms with Crippen molar-refractivity contribution in [1.29, 1.82) is 0 Å². The van der Waals surface area contributed by atoms with Gasteiger partial charge in [-0.2, -0.15) is 0 Å². The molecule has 0 saturated heterocycles. The van der Waals surface area contributed by atoms with E-state index in [4.69, 9.17) is 0 Å². The van der Waals surface area contributed by atoms with Gasteiger partial charge in [-0.15, -0.1) is 0 Å². The van der Waals surface area contributed by atoms with Crippen molar-refractivity contribution in [3.8, 4) is 0 Å². The minimum absolute atomic E-state index is 1.18. The fraction of sp³-hybridized carbons (Fsp3) is 0. The first-order valence-corrected chi connectivity index (χ1v) is 12.5. The predicted octanol–water partition coefficient (Wildman–Crippen LogP) is 3.63. The van der Waals surface area contributed by atoms with Crippen LogP contribution in [0.15, 0.2) is 60.7 Å². The molecular formula is C12H12AsIN2. The number of hydrogen-bond donors (Lipinski definition) is 2. The Morgan fingerprint density at radius 2 is 1.06 bits per heavy atom. The summed E-state index contributed by atoms with van der Waals surface area (Å²) in [5.74, 6) is 0. The van der Waals surface area contributed by atoms with Crippen LogP contribution in [0.5, 0.6) is 0 Å². The molecule has 0 aliphatic heterocycles. The second kappa shape index (κ2) is 6.16. The van der Waals surface area contributed by atoms with Crippen molar-refractivity contribution in [1.82, 2.24) is 0 Å². The van der Waals surface area contributed by atoms with Crippen LogP contribution in [0.4, 0.5) is 11.4 Å². The molecule has 0 unspecified atom stereocenters. The molecule has 2 nitrogen and oxygen atoms in total. The number of halogens is 1. The molecule has 0 amide bonds. The summed E-state index contributed by atoms with van der Waals surface area (Å²) in [5.41, 5.74) is 2.36. The van der Waals surface area contributed by atoms with E-state index < -0.39 is 11.8 Å². The van der Waals surface area contributed by atoms with Crippen molar-refractivity contribution in [3.63, 3.8) is 0 Å². The summed E-state index contributed by atoms with van der Waals surface area (Å²) in [4.78, 5) is 0. The summed E-state index contributed by atoms with van der Waals surface area (Å²) < 4.78 is 7.02. The molecule has 0 aromatic heterocycles. The van der Waals surface area contributed by atoms with Crippen molar-refractivity contribution >= 4 is 43.3 Å². The van der Waals surface area contributed by atoms with Crippen molar-refractivity contribution in [3.05, 3.63) is 60.7 Å². The van der Waals surface area contributed by atoms with Gasteiger partial charge < -0.3 is 0 Å². The topological polar surface area (TPSA) is 24.1 Å². The van der Waals surface area contributed by atoms with Crippen LogP contribution in [0.2, 0.25) is 0 Å². The number of anilines is 2. The molecule has 82 valence electrons. The Kier molecular flexibility index (Phi) is 4.54. The van der Waals surface area contributed by atoms with Crippen molar-refractivity contribution in [2.45, 2.75) is 0 Å². The van der Waals surface area contributed by atoms with E-state index in [1.54, 1.807) is 0 Å². The van der Waals surface area contributed by atoms with Gasteiger partial charge in [-0.1, -0.05) is 0 Å². The number of rotatable bonds is 4. The van der Waals surface area contributed by atoms with Gasteiger partial charge in [-0.05, 0) is 0 Å². The normalized spacial score (nSPS) is 10.1. The average molecular weight is 386 g/mol. The molecule has 0 aliphatic carbocycles. The molecule has 2 aromatic carbocycles. The van der Waals surface area contributed by atoms with E-state index >= 15 is 0 Å². The fourth-order valence-corrected chi connectivity index (χ4v) is 5.87. The summed E-state index contributed by atoms with van der Waals surface area (Å²) in [7, 11) is 0. The van der Waals surface area contributed by atoms with Crippen LogP contribution in [-0.2, 0) is 0 Å². The van der Waals surface area contributed by atoms with E-state index in [9.17, 15) is 0 Å². The zero-order valence-corrected chi connectivity index (χ0v) is 12.6. The molecule has 0 fully saturated rings. The van der Waals surface area contributed by atoms with Gasteiger partial charge in [0.15, 0.2) is 0 Å². The summed E-state index contributed by atoms with van der Waals surface area (Å²) in [6.45, 7) is 0. The predicted molar refractivity (Wildman–Crippen MR) is 79.9 cm³/mol. The molecule has 2 rings (SSSR count). The van der Waals surface area contributed by atoms with Gasteiger partial charge in [-0.25, -0.2) is 0 Å². The summed E-state index contributed by atoms with van der Waals surface area (Å²) in [6.07, 6.45) is 0. The molecular weight excluding hydrogens is 374 g/mol. The third-order valence-corrected chi connectivity index (χ3v) is 6.42. The van der Waals surface area contributed by atoms with Crippen molar-refractivity contribution < 1.29 is 0 Å². The molecule has 0 radical (unpaired) electrons. The van der Waals surface area contributed by atoms with E-state index in [0.717, 1.165) is 0 Å². The molecule has 0 atom stereocenters. The van der Waals surface area contributed by atoms with Crippen LogP contribution in [0.1, 0.15) is 0 Å². The molecule has 16 heavy (non-hydrogen) atoms. The number of benzene rings is 2. The van der Waals surface area contributed by atoms with E-state index in [1.165, 1.54) is 11.4 Å². The number of nitrogens with one attached hydrogen (secondary N) is 2. The van der Waals surface area contributed by atoms with E-state index in [2.05, 4.69) is 52.9 Å². The quantitative estimate of drug-likeness (QED) is 0.620. The maximum absolute atomic E-state index is 3.51. The minimum atomic E-state index is -1.25. The van der Waals surface area contributed by atoms with Crippen molar-refractivity contribution in [2.75, 3.05) is 8.47 Å². The van der Waals surface area contributed by atoms with Crippen molar-refractivity contribution in [2.24, 2.45) is 0 Å². The van der Waals surface area contributed by atoms with Crippen LogP contribution in [0.25, 0.3) is 0 Å². The maximum atomic E-state index is 3.51. The Morgan fingerprint density at radius 1 is 0.688 bits per heavy atom. The standard InChI is InChI=1S/C12H12AsIN2/c14-13(15-11-7-3-1-4-8-11)16-12-9-5-2-6-10-12/h1-10,15-16H. The van der Waals surface area contributed by atoms with Gasteiger partial charge >= 0.3 is 112 Å². The van der Waals surface area contributed by atoms with Crippen LogP contribution in [0.3, 0.4) is 0 Å². The third-order valence-electron chi connectivity index (χ3n) is 2.00. The Morgan fingerprint density at radius 3 is 1.44 bits per heavy atom. The Hall–Kier alpha value is -0.672. The van der Waals surface area contributed by atoms with E-state index in [0.29, 0.717) is 0 Å². The fourth-order valence-electron chi connectivity index (χ4n) is 1.28. The van der Waals surface area contributed by atoms with Crippen LogP contribution >= 0.6 is 20.1 Å². The first-order valence-electron chi connectivity index (χ1n) is 4.94. The summed E-state index contributed by atoms with van der Waals surface area (Å²) >= 11 is 1.22. The van der Waals surface area contributed by atoms with Crippen LogP contribution < -0.4 is 8.47 Å².